The van der Waals surface area contributed by atoms with Crippen LogP contribution in [0.2, 0.25) is 0 Å². The van der Waals surface area contributed by atoms with Gasteiger partial charge in [0.05, 0.1) is 10.1 Å². The van der Waals surface area contributed by atoms with Crippen molar-refractivity contribution in [3.8, 4) is 0 Å². The lowest BCUT2D eigenvalue weighted by atomic mass is 10.1. The van der Waals surface area contributed by atoms with Crippen LogP contribution in [0.25, 0.3) is 12.2 Å². The molecule has 0 bridgehead atoms. The maximum Gasteiger partial charge on any atom is 0.184 e. The minimum absolute atomic E-state index is 0.386. The molecular formula is C22H30N2O2S. The van der Waals surface area contributed by atoms with Crippen LogP contribution in [0.4, 0.5) is 0 Å². The molecule has 1 aliphatic heterocycles. The summed E-state index contributed by atoms with van der Waals surface area (Å²) in [6.45, 7) is 5.96. The van der Waals surface area contributed by atoms with Gasteiger partial charge in [0.2, 0.25) is 0 Å². The van der Waals surface area contributed by atoms with Crippen LogP contribution in [-0.2, 0) is 29.7 Å². The minimum Gasteiger partial charge on any atom is -0.348 e. The third-order valence-electron chi connectivity index (χ3n) is 5.55. The molecule has 146 valence electrons. The molecule has 0 radical (unpaired) electrons. The Balaban J connectivity index is 2.17. The van der Waals surface area contributed by atoms with Crippen LogP contribution in [0.3, 0.4) is 0 Å². The third-order valence-corrected chi connectivity index (χ3v) is 7.59. The van der Waals surface area contributed by atoms with Crippen molar-refractivity contribution in [2.45, 2.75) is 43.3 Å². The normalized spacial score (nSPS) is 18.4. The largest absolute Gasteiger partial charge is 0.348 e. The van der Waals surface area contributed by atoms with Gasteiger partial charge >= 0.3 is 0 Å². The van der Waals surface area contributed by atoms with Crippen molar-refractivity contribution in [1.29, 1.82) is 0 Å². The Kier molecular flexibility index (Phi) is 5.92. The number of hydrogen-bond donors (Lipinski definition) is 0. The highest BCUT2D eigenvalue weighted by Gasteiger charge is 2.23. The summed E-state index contributed by atoms with van der Waals surface area (Å²) in [6.07, 6.45) is 7.07. The molecule has 0 amide bonds. The van der Waals surface area contributed by atoms with E-state index in [0.717, 1.165) is 42.9 Å². The lowest BCUT2D eigenvalue weighted by molar-refractivity contribution is 0.350. The van der Waals surface area contributed by atoms with Crippen molar-refractivity contribution >= 4 is 22.0 Å². The summed E-state index contributed by atoms with van der Waals surface area (Å²) in [5, 5.41) is 1.69. The Hall–Kier alpha value is -1.85. The smallest absolute Gasteiger partial charge is 0.184 e. The third kappa shape index (κ3) is 3.90. The van der Waals surface area contributed by atoms with Crippen LogP contribution >= 0.6 is 0 Å². The van der Waals surface area contributed by atoms with E-state index in [1.54, 1.807) is 31.2 Å². The second-order valence-corrected chi connectivity index (χ2v) is 9.73. The standard InChI is InChI=1S/C22H30N2O2S/c1-5-9-21-20(19-12-14-23(3)15-13-22(19)24(21)4)16-17(2)27(25,26)18-10-7-6-8-11-18/h6-11,16-17H,5,12-15H2,1-4H3/b20-16-,21-9+. The van der Waals surface area contributed by atoms with Gasteiger partial charge in [0.1, 0.15) is 0 Å². The number of nitrogens with zero attached hydrogens (tertiary/aromatic N) is 2. The van der Waals surface area contributed by atoms with Gasteiger partial charge in [0.15, 0.2) is 9.84 Å². The van der Waals surface area contributed by atoms with Crippen LogP contribution in [0.5, 0.6) is 0 Å². The molecule has 1 aromatic heterocycles. The van der Waals surface area contributed by atoms with Crippen molar-refractivity contribution in [3.05, 3.63) is 52.2 Å². The van der Waals surface area contributed by atoms with Gasteiger partial charge in [0, 0.05) is 42.8 Å². The predicted octanol–water partition coefficient (Wildman–Crippen LogP) is 1.89. The second kappa shape index (κ2) is 8.03. The first-order valence-electron chi connectivity index (χ1n) is 9.72. The summed E-state index contributed by atoms with van der Waals surface area (Å²) in [5.74, 6) is 0. The molecule has 1 aromatic carbocycles. The molecule has 2 aromatic rings. The summed E-state index contributed by atoms with van der Waals surface area (Å²) >= 11 is 0. The van der Waals surface area contributed by atoms with Crippen molar-refractivity contribution in [1.82, 2.24) is 9.47 Å². The first kappa shape index (κ1) is 19.9. The van der Waals surface area contributed by atoms with E-state index in [1.165, 1.54) is 11.3 Å². The van der Waals surface area contributed by atoms with Crippen molar-refractivity contribution in [2.75, 3.05) is 20.1 Å². The Morgan fingerprint density at radius 2 is 1.78 bits per heavy atom. The van der Waals surface area contributed by atoms with Crippen LogP contribution in [0.15, 0.2) is 35.2 Å². The van der Waals surface area contributed by atoms with Crippen molar-refractivity contribution < 1.29 is 8.42 Å². The topological polar surface area (TPSA) is 42.3 Å². The number of rotatable bonds is 4. The minimum atomic E-state index is -3.40. The summed E-state index contributed by atoms with van der Waals surface area (Å²) in [7, 11) is 0.865. The van der Waals surface area contributed by atoms with E-state index in [-0.39, 0.29) is 0 Å². The molecule has 0 saturated carbocycles. The molecule has 0 saturated heterocycles. The van der Waals surface area contributed by atoms with Gasteiger partial charge in [-0.1, -0.05) is 37.3 Å². The van der Waals surface area contributed by atoms with E-state index >= 15 is 0 Å². The molecule has 5 heteroatoms. The van der Waals surface area contributed by atoms with Gasteiger partial charge in [-0.05, 0) is 44.5 Å². The zero-order chi connectivity index (χ0) is 19.6. The number of likely N-dealkylation sites (N-methyl/N-ethyl adjacent to an activating group) is 1. The van der Waals surface area contributed by atoms with Gasteiger partial charge in [-0.25, -0.2) is 8.42 Å². The molecule has 0 N–H and O–H groups in total. The Bertz CT molecular complexity index is 1020. The fourth-order valence-corrected chi connectivity index (χ4v) is 5.20. The van der Waals surface area contributed by atoms with Gasteiger partial charge in [-0.15, -0.1) is 0 Å². The van der Waals surface area contributed by atoms with Gasteiger partial charge < -0.3 is 9.47 Å². The van der Waals surface area contributed by atoms with E-state index in [2.05, 4.69) is 36.6 Å². The fraction of sp³-hybridized carbons (Fsp3) is 0.455. The molecule has 27 heavy (non-hydrogen) atoms. The lowest BCUT2D eigenvalue weighted by Gasteiger charge is -2.12. The molecule has 1 atom stereocenters. The zero-order valence-electron chi connectivity index (χ0n) is 16.8. The van der Waals surface area contributed by atoms with E-state index in [0.29, 0.717) is 4.90 Å². The van der Waals surface area contributed by atoms with Crippen molar-refractivity contribution in [3.63, 3.8) is 0 Å². The zero-order valence-corrected chi connectivity index (χ0v) is 17.6. The number of fused-ring (bicyclic) bond motifs is 1. The highest BCUT2D eigenvalue weighted by molar-refractivity contribution is 7.92. The highest BCUT2D eigenvalue weighted by atomic mass is 32.2. The molecule has 2 heterocycles. The summed E-state index contributed by atoms with van der Waals surface area (Å²) in [4.78, 5) is 2.73. The molecule has 0 fully saturated rings. The van der Waals surface area contributed by atoms with Crippen LogP contribution in [-0.4, -0.2) is 43.3 Å². The van der Waals surface area contributed by atoms with Crippen LogP contribution in [0, 0.1) is 0 Å². The molecule has 3 rings (SSSR count). The maximum atomic E-state index is 13.0. The first-order valence-corrected chi connectivity index (χ1v) is 11.3. The monoisotopic (exact) mass is 386 g/mol. The average molecular weight is 387 g/mol. The van der Waals surface area contributed by atoms with E-state index in [4.69, 9.17) is 0 Å². The number of sulfone groups is 1. The Morgan fingerprint density at radius 1 is 1.11 bits per heavy atom. The van der Waals surface area contributed by atoms with E-state index < -0.39 is 15.1 Å². The average Bonchev–Trinajstić information content (AvgIpc) is 2.79. The Labute approximate surface area is 162 Å². The molecular weight excluding hydrogens is 356 g/mol. The SMILES string of the molecule is CC/C=c1\c(=C/C(C)S(=O)(=O)c2ccccc2)c2c(n1C)CCN(C)CC2. The number of aromatic nitrogens is 1. The lowest BCUT2D eigenvalue weighted by Crippen LogP contribution is -2.33. The fourth-order valence-electron chi connectivity index (χ4n) is 3.92. The molecule has 1 unspecified atom stereocenters. The second-order valence-electron chi connectivity index (χ2n) is 7.43. The van der Waals surface area contributed by atoms with E-state index in [1.807, 2.05) is 12.1 Å². The van der Waals surface area contributed by atoms with Gasteiger partial charge in [-0.3, -0.25) is 0 Å². The molecule has 1 aliphatic rings. The van der Waals surface area contributed by atoms with Crippen LogP contribution < -0.4 is 10.6 Å². The first-order chi connectivity index (χ1) is 12.9. The summed E-state index contributed by atoms with van der Waals surface area (Å²) in [6, 6.07) is 8.76. The van der Waals surface area contributed by atoms with Crippen LogP contribution in [0.1, 0.15) is 31.5 Å². The molecule has 0 spiro atoms. The molecule has 0 aliphatic carbocycles. The number of hydrogen-bond acceptors (Lipinski definition) is 3. The van der Waals surface area contributed by atoms with Gasteiger partial charge in [-0.2, -0.15) is 0 Å². The Morgan fingerprint density at radius 3 is 2.44 bits per heavy atom. The number of benzene rings is 1. The predicted molar refractivity (Wildman–Crippen MR) is 112 cm³/mol. The van der Waals surface area contributed by atoms with Crippen molar-refractivity contribution in [2.24, 2.45) is 7.05 Å². The quantitative estimate of drug-likeness (QED) is 0.806. The summed E-state index contributed by atoms with van der Waals surface area (Å²) in [5.41, 5.74) is 2.66. The molecule has 4 nitrogen and oxygen atoms in total. The van der Waals surface area contributed by atoms with E-state index in [9.17, 15) is 8.42 Å². The maximum absolute atomic E-state index is 13.0. The summed E-state index contributed by atoms with van der Waals surface area (Å²) < 4.78 is 28.4. The van der Waals surface area contributed by atoms with Gasteiger partial charge in [0.25, 0.3) is 0 Å². The highest BCUT2D eigenvalue weighted by Crippen LogP contribution is 2.17.